The fourth-order valence-corrected chi connectivity index (χ4v) is 4.06. The number of nitrogens with zero attached hydrogens (tertiary/aromatic N) is 2. The van der Waals surface area contributed by atoms with Crippen LogP contribution in [0.3, 0.4) is 0 Å². The number of amides is 3. The van der Waals surface area contributed by atoms with E-state index in [-0.39, 0.29) is 24.3 Å². The Balaban J connectivity index is 2.88. The maximum absolute atomic E-state index is 13.0. The molecular formula is C24H37N3O5. The lowest BCUT2D eigenvalue weighted by atomic mass is 9.71. The van der Waals surface area contributed by atoms with Gasteiger partial charge in [-0.15, -0.1) is 0 Å². The zero-order valence-electron chi connectivity index (χ0n) is 20.2. The van der Waals surface area contributed by atoms with Gasteiger partial charge in [0.2, 0.25) is 17.7 Å². The summed E-state index contributed by atoms with van der Waals surface area (Å²) >= 11 is 0. The zero-order chi connectivity index (χ0) is 24.6. The van der Waals surface area contributed by atoms with Crippen molar-refractivity contribution in [1.29, 1.82) is 0 Å². The van der Waals surface area contributed by atoms with E-state index in [0.717, 1.165) is 10.5 Å². The van der Waals surface area contributed by atoms with Gasteiger partial charge in [0.1, 0.15) is 12.6 Å². The van der Waals surface area contributed by atoms with Crippen LogP contribution in [0.4, 0.5) is 0 Å². The van der Waals surface area contributed by atoms with E-state index < -0.39 is 35.8 Å². The number of carbonyl (C=O) groups is 4. The molecule has 0 heterocycles. The Morgan fingerprint density at radius 1 is 1.06 bits per heavy atom. The van der Waals surface area contributed by atoms with Crippen molar-refractivity contribution in [3.8, 4) is 0 Å². The highest BCUT2D eigenvalue weighted by Crippen LogP contribution is 2.33. The number of hydrogen-bond donors (Lipinski definition) is 2. The molecule has 0 unspecified atom stereocenters. The topological polar surface area (TPSA) is 107 Å². The first-order valence-corrected chi connectivity index (χ1v) is 10.9. The molecule has 3 amide bonds. The molecule has 2 atom stereocenters. The van der Waals surface area contributed by atoms with Crippen LogP contribution in [0.25, 0.3) is 0 Å². The number of benzene rings is 1. The van der Waals surface area contributed by atoms with E-state index in [1.54, 1.807) is 13.8 Å². The molecule has 0 aliphatic heterocycles. The van der Waals surface area contributed by atoms with Gasteiger partial charge in [0.25, 0.3) is 0 Å². The SMILES string of the molecule is CC[C@H](C(=O)NCC(=O)N(C)[C@H](C(=O)N(C)CC(=O)O)C(C)C)C(C)(C)c1ccccc1. The third-order valence-electron chi connectivity index (χ3n) is 5.97. The van der Waals surface area contributed by atoms with E-state index in [1.807, 2.05) is 51.1 Å². The molecule has 8 nitrogen and oxygen atoms in total. The van der Waals surface area contributed by atoms with Crippen molar-refractivity contribution in [2.75, 3.05) is 27.2 Å². The van der Waals surface area contributed by atoms with Gasteiger partial charge in [0.15, 0.2) is 0 Å². The number of carbonyl (C=O) groups excluding carboxylic acids is 3. The van der Waals surface area contributed by atoms with Crippen molar-refractivity contribution < 1.29 is 24.3 Å². The van der Waals surface area contributed by atoms with Crippen molar-refractivity contribution >= 4 is 23.7 Å². The molecule has 0 spiro atoms. The van der Waals surface area contributed by atoms with Crippen LogP contribution in [-0.2, 0) is 24.6 Å². The van der Waals surface area contributed by atoms with E-state index in [9.17, 15) is 19.2 Å². The molecule has 2 N–H and O–H groups in total. The van der Waals surface area contributed by atoms with Crippen molar-refractivity contribution in [2.45, 2.75) is 52.5 Å². The van der Waals surface area contributed by atoms with Crippen molar-refractivity contribution in [2.24, 2.45) is 11.8 Å². The monoisotopic (exact) mass is 447 g/mol. The molecule has 178 valence electrons. The third kappa shape index (κ3) is 6.80. The molecule has 0 radical (unpaired) electrons. The highest BCUT2D eigenvalue weighted by molar-refractivity contribution is 5.91. The molecule has 1 aromatic rings. The van der Waals surface area contributed by atoms with Gasteiger partial charge >= 0.3 is 5.97 Å². The number of nitrogens with one attached hydrogen (secondary N) is 1. The Labute approximate surface area is 191 Å². The number of carboxylic acids is 1. The summed E-state index contributed by atoms with van der Waals surface area (Å²) < 4.78 is 0. The first kappa shape index (κ1) is 27.1. The van der Waals surface area contributed by atoms with Gasteiger partial charge in [-0.1, -0.05) is 65.0 Å². The Morgan fingerprint density at radius 3 is 2.09 bits per heavy atom. The Morgan fingerprint density at radius 2 is 1.62 bits per heavy atom. The first-order chi connectivity index (χ1) is 14.8. The van der Waals surface area contributed by atoms with Crippen molar-refractivity contribution in [3.63, 3.8) is 0 Å². The van der Waals surface area contributed by atoms with Crippen LogP contribution in [0.15, 0.2) is 30.3 Å². The molecule has 0 saturated carbocycles. The van der Waals surface area contributed by atoms with E-state index >= 15 is 0 Å². The second-order valence-electron chi connectivity index (χ2n) is 9.05. The number of aliphatic carboxylic acids is 1. The van der Waals surface area contributed by atoms with Crippen LogP contribution < -0.4 is 5.32 Å². The Bertz CT molecular complexity index is 807. The highest BCUT2D eigenvalue weighted by atomic mass is 16.4. The summed E-state index contributed by atoms with van der Waals surface area (Å²) in [6.45, 7) is 8.84. The summed E-state index contributed by atoms with van der Waals surface area (Å²) in [6.07, 6.45) is 0.602. The number of hydrogen-bond acceptors (Lipinski definition) is 4. The maximum Gasteiger partial charge on any atom is 0.323 e. The second kappa shape index (κ2) is 11.6. The summed E-state index contributed by atoms with van der Waals surface area (Å²) in [6, 6.07) is 8.94. The fourth-order valence-electron chi connectivity index (χ4n) is 4.06. The molecule has 0 fully saturated rings. The normalized spacial score (nSPS) is 13.2. The number of rotatable bonds is 11. The van der Waals surface area contributed by atoms with Gasteiger partial charge in [-0.3, -0.25) is 19.2 Å². The lowest BCUT2D eigenvalue weighted by Crippen LogP contribution is -2.54. The summed E-state index contributed by atoms with van der Waals surface area (Å²) in [7, 11) is 2.89. The molecule has 1 aromatic carbocycles. The molecule has 0 aromatic heterocycles. The largest absolute Gasteiger partial charge is 0.480 e. The lowest BCUT2D eigenvalue weighted by molar-refractivity contribution is -0.149. The van der Waals surface area contributed by atoms with Crippen LogP contribution in [-0.4, -0.2) is 71.8 Å². The molecule has 32 heavy (non-hydrogen) atoms. The maximum atomic E-state index is 13.0. The van der Waals surface area contributed by atoms with Crippen LogP contribution in [0.2, 0.25) is 0 Å². The zero-order valence-corrected chi connectivity index (χ0v) is 20.2. The summed E-state index contributed by atoms with van der Waals surface area (Å²) in [5.74, 6) is -2.80. The van der Waals surface area contributed by atoms with Crippen LogP contribution in [0.1, 0.15) is 46.6 Å². The summed E-state index contributed by atoms with van der Waals surface area (Å²) in [5.41, 5.74) is 0.614. The minimum atomic E-state index is -1.13. The van der Waals surface area contributed by atoms with Gasteiger partial charge in [-0.25, -0.2) is 0 Å². The molecule has 1 rings (SSSR count). The van der Waals surface area contributed by atoms with Gasteiger partial charge in [0.05, 0.1) is 6.54 Å². The predicted octanol–water partition coefficient (Wildman–Crippen LogP) is 2.13. The van der Waals surface area contributed by atoms with Gasteiger partial charge < -0.3 is 20.2 Å². The van der Waals surface area contributed by atoms with Crippen LogP contribution >= 0.6 is 0 Å². The predicted molar refractivity (Wildman–Crippen MR) is 123 cm³/mol. The number of likely N-dealkylation sites (N-methyl/N-ethyl adjacent to an activating group) is 2. The lowest BCUT2D eigenvalue weighted by Gasteiger charge is -2.34. The molecule has 0 aliphatic rings. The minimum Gasteiger partial charge on any atom is -0.480 e. The van der Waals surface area contributed by atoms with Crippen LogP contribution in [0.5, 0.6) is 0 Å². The van der Waals surface area contributed by atoms with Crippen molar-refractivity contribution in [3.05, 3.63) is 35.9 Å². The minimum absolute atomic E-state index is 0.224. The Kier molecular flexibility index (Phi) is 9.87. The quantitative estimate of drug-likeness (QED) is 0.540. The summed E-state index contributed by atoms with van der Waals surface area (Å²) in [4.78, 5) is 51.8. The first-order valence-electron chi connectivity index (χ1n) is 10.9. The summed E-state index contributed by atoms with van der Waals surface area (Å²) in [5, 5.41) is 11.7. The van der Waals surface area contributed by atoms with Gasteiger partial charge in [0, 0.05) is 25.4 Å². The highest BCUT2D eigenvalue weighted by Gasteiger charge is 2.36. The van der Waals surface area contributed by atoms with Crippen LogP contribution in [0, 0.1) is 11.8 Å². The molecule has 0 bridgehead atoms. The fraction of sp³-hybridized carbons (Fsp3) is 0.583. The smallest absolute Gasteiger partial charge is 0.323 e. The van der Waals surface area contributed by atoms with E-state index in [4.69, 9.17) is 5.11 Å². The van der Waals surface area contributed by atoms with E-state index in [2.05, 4.69) is 5.32 Å². The van der Waals surface area contributed by atoms with Gasteiger partial charge in [-0.2, -0.15) is 0 Å². The third-order valence-corrected chi connectivity index (χ3v) is 5.97. The van der Waals surface area contributed by atoms with Crippen molar-refractivity contribution in [1.82, 2.24) is 15.1 Å². The standard InChI is InChI=1S/C24H37N3O5/c1-8-18(24(4,5)17-12-10-9-11-13-17)22(31)25-14-19(28)27(7)21(16(2)3)23(32)26(6)15-20(29)30/h9-13,16,18,21H,8,14-15H2,1-7H3,(H,25,31)(H,29,30)/t18-,21+/m1/s1. The average Bonchev–Trinajstić information content (AvgIpc) is 2.72. The molecule has 8 heteroatoms. The number of carboxylic acid groups (broad SMARTS) is 1. The molecular weight excluding hydrogens is 410 g/mol. The van der Waals surface area contributed by atoms with E-state index in [1.165, 1.54) is 19.0 Å². The van der Waals surface area contributed by atoms with Gasteiger partial charge in [-0.05, 0) is 17.9 Å². The molecule has 0 aliphatic carbocycles. The molecule has 0 saturated heterocycles. The average molecular weight is 448 g/mol. The van der Waals surface area contributed by atoms with E-state index in [0.29, 0.717) is 6.42 Å². The second-order valence-corrected chi connectivity index (χ2v) is 9.05. The Hall–Kier alpha value is -2.90.